The number of isocyanates is 2. The number of aromatic nitrogens is 2. The first-order chi connectivity index (χ1) is 8.20. The van der Waals surface area contributed by atoms with Crippen molar-refractivity contribution >= 4 is 12.2 Å². The Bertz CT molecular complexity index is 532. The molecule has 0 saturated carbocycles. The van der Waals surface area contributed by atoms with Gasteiger partial charge in [0.1, 0.15) is 0 Å². The Labute approximate surface area is 95.5 Å². The van der Waals surface area contributed by atoms with Gasteiger partial charge in [0.25, 0.3) is 0 Å². The van der Waals surface area contributed by atoms with Gasteiger partial charge < -0.3 is 5.11 Å². The normalized spacial score (nSPS) is 9.41. The van der Waals surface area contributed by atoms with Crippen LogP contribution in [-0.2, 0) is 22.7 Å². The van der Waals surface area contributed by atoms with E-state index in [0.717, 1.165) is 4.57 Å². The highest BCUT2D eigenvalue weighted by atomic mass is 16.3. The van der Waals surface area contributed by atoms with Crippen molar-refractivity contribution in [2.75, 3.05) is 13.1 Å². The zero-order valence-electron chi connectivity index (χ0n) is 8.87. The first-order valence-electron chi connectivity index (χ1n) is 4.77. The Kier molecular flexibility index (Phi) is 4.62. The van der Waals surface area contributed by atoms with Gasteiger partial charge in [-0.2, -0.15) is 0 Å². The minimum Gasteiger partial charge on any atom is -0.493 e. The van der Waals surface area contributed by atoms with E-state index in [1.807, 2.05) is 0 Å². The van der Waals surface area contributed by atoms with E-state index >= 15 is 0 Å². The van der Waals surface area contributed by atoms with Crippen molar-refractivity contribution in [3.8, 4) is 5.88 Å². The van der Waals surface area contributed by atoms with Crippen LogP contribution in [0.1, 0.15) is 0 Å². The standard InChI is InChI=1S/C9H10N4O4/c14-6-10-1-3-12-5-8(16)13(9(12)17)4-2-11-7-15/h5,16H,1-4H2. The van der Waals surface area contributed by atoms with E-state index in [0.29, 0.717) is 0 Å². The average Bonchev–Trinajstić information content (AvgIpc) is 2.57. The zero-order valence-corrected chi connectivity index (χ0v) is 8.87. The fraction of sp³-hybridized carbons (Fsp3) is 0.444. The number of aliphatic imine (C=N–C) groups is 2. The van der Waals surface area contributed by atoms with Gasteiger partial charge in [-0.05, 0) is 0 Å². The number of hydrogen-bond acceptors (Lipinski definition) is 6. The highest BCUT2D eigenvalue weighted by Gasteiger charge is 2.09. The van der Waals surface area contributed by atoms with Crippen molar-refractivity contribution in [1.29, 1.82) is 0 Å². The van der Waals surface area contributed by atoms with E-state index in [2.05, 4.69) is 9.98 Å². The van der Waals surface area contributed by atoms with Crippen LogP contribution < -0.4 is 5.69 Å². The summed E-state index contributed by atoms with van der Waals surface area (Å²) in [4.78, 5) is 37.9. The molecule has 0 aromatic carbocycles. The molecule has 0 unspecified atom stereocenters. The molecule has 0 aliphatic heterocycles. The third-order valence-electron chi connectivity index (χ3n) is 2.04. The molecular weight excluding hydrogens is 228 g/mol. The minimum atomic E-state index is -0.454. The molecule has 0 atom stereocenters. The van der Waals surface area contributed by atoms with Crippen molar-refractivity contribution in [2.45, 2.75) is 13.1 Å². The lowest BCUT2D eigenvalue weighted by Crippen LogP contribution is -2.25. The second-order valence-corrected chi connectivity index (χ2v) is 3.06. The summed E-state index contributed by atoms with van der Waals surface area (Å²) < 4.78 is 2.27. The SMILES string of the molecule is O=C=NCCn1cc(O)n(CCN=C=O)c1=O. The molecular formula is C9H10N4O4. The van der Waals surface area contributed by atoms with Crippen LogP contribution >= 0.6 is 0 Å². The molecule has 1 N–H and O–H groups in total. The van der Waals surface area contributed by atoms with Gasteiger partial charge in [-0.15, -0.1) is 0 Å². The number of imidazole rings is 1. The number of hydrogen-bond donors (Lipinski definition) is 1. The zero-order chi connectivity index (χ0) is 12.7. The lowest BCUT2D eigenvalue weighted by Gasteiger charge is -1.98. The lowest BCUT2D eigenvalue weighted by atomic mass is 10.6. The topological polar surface area (TPSA) is 106 Å². The highest BCUT2D eigenvalue weighted by Crippen LogP contribution is 2.05. The second-order valence-electron chi connectivity index (χ2n) is 3.06. The Morgan fingerprint density at radius 3 is 2.35 bits per heavy atom. The van der Waals surface area contributed by atoms with Gasteiger partial charge in [0.05, 0.1) is 25.8 Å². The maximum atomic E-state index is 11.7. The molecule has 8 nitrogen and oxygen atoms in total. The molecule has 8 heteroatoms. The molecule has 0 radical (unpaired) electrons. The molecule has 1 heterocycles. The molecule has 0 bridgehead atoms. The molecule has 0 aliphatic rings. The van der Waals surface area contributed by atoms with Crippen LogP contribution in [0.15, 0.2) is 21.0 Å². The number of rotatable bonds is 6. The molecule has 17 heavy (non-hydrogen) atoms. The van der Waals surface area contributed by atoms with Crippen LogP contribution in [0, 0.1) is 0 Å². The first kappa shape index (κ1) is 12.6. The first-order valence-corrected chi connectivity index (χ1v) is 4.77. The van der Waals surface area contributed by atoms with E-state index in [9.17, 15) is 19.5 Å². The maximum absolute atomic E-state index is 11.7. The second kappa shape index (κ2) is 6.22. The van der Waals surface area contributed by atoms with E-state index in [4.69, 9.17) is 0 Å². The van der Waals surface area contributed by atoms with Crippen molar-refractivity contribution < 1.29 is 14.7 Å². The molecule has 0 spiro atoms. The van der Waals surface area contributed by atoms with Gasteiger partial charge in [-0.1, -0.05) is 0 Å². The molecule has 0 saturated heterocycles. The molecule has 90 valence electrons. The summed E-state index contributed by atoms with van der Waals surface area (Å²) in [6.45, 7) is 0.433. The van der Waals surface area contributed by atoms with E-state index in [-0.39, 0.29) is 32.1 Å². The quantitative estimate of drug-likeness (QED) is 0.508. The fourth-order valence-electron chi connectivity index (χ4n) is 1.29. The summed E-state index contributed by atoms with van der Waals surface area (Å²) in [6, 6.07) is 0. The van der Waals surface area contributed by atoms with E-state index in [1.54, 1.807) is 0 Å². The van der Waals surface area contributed by atoms with Gasteiger partial charge in [0, 0.05) is 6.54 Å². The number of carbonyl (C=O) groups excluding carboxylic acids is 2. The van der Waals surface area contributed by atoms with Crippen LogP contribution in [0.25, 0.3) is 0 Å². The Balaban J connectivity index is 2.81. The fourth-order valence-corrected chi connectivity index (χ4v) is 1.29. The Hall–Kier alpha value is -2.43. The van der Waals surface area contributed by atoms with Crippen LogP contribution in [0.5, 0.6) is 5.88 Å². The summed E-state index contributed by atoms with van der Waals surface area (Å²) in [6.07, 6.45) is 3.92. The molecule has 1 aromatic heterocycles. The Morgan fingerprint density at radius 1 is 1.18 bits per heavy atom. The van der Waals surface area contributed by atoms with E-state index in [1.165, 1.54) is 22.9 Å². The largest absolute Gasteiger partial charge is 0.493 e. The Morgan fingerprint density at radius 2 is 1.76 bits per heavy atom. The summed E-state index contributed by atoms with van der Waals surface area (Å²) in [5.41, 5.74) is -0.454. The van der Waals surface area contributed by atoms with Crippen molar-refractivity contribution in [2.24, 2.45) is 9.98 Å². The van der Waals surface area contributed by atoms with Crippen LogP contribution in [0.2, 0.25) is 0 Å². The van der Waals surface area contributed by atoms with E-state index < -0.39 is 5.69 Å². The smallest absolute Gasteiger partial charge is 0.331 e. The van der Waals surface area contributed by atoms with Gasteiger partial charge in [-0.25, -0.2) is 24.4 Å². The summed E-state index contributed by atoms with van der Waals surface area (Å²) in [5.74, 6) is -0.230. The van der Waals surface area contributed by atoms with Gasteiger partial charge >= 0.3 is 5.69 Å². The molecule has 0 fully saturated rings. The minimum absolute atomic E-state index is 0.0630. The lowest BCUT2D eigenvalue weighted by molar-refractivity contribution is 0.415. The molecule has 0 amide bonds. The molecule has 1 rings (SSSR count). The van der Waals surface area contributed by atoms with Gasteiger partial charge in [0.15, 0.2) is 0 Å². The summed E-state index contributed by atoms with van der Waals surface area (Å²) >= 11 is 0. The van der Waals surface area contributed by atoms with Crippen molar-refractivity contribution in [3.05, 3.63) is 16.7 Å². The predicted molar refractivity (Wildman–Crippen MR) is 56.3 cm³/mol. The van der Waals surface area contributed by atoms with Gasteiger partial charge in [0.2, 0.25) is 18.0 Å². The summed E-state index contributed by atoms with van der Waals surface area (Å²) in [5, 5.41) is 9.46. The predicted octanol–water partition coefficient (Wildman–Crippen LogP) is -0.973. The van der Waals surface area contributed by atoms with Crippen molar-refractivity contribution in [1.82, 2.24) is 9.13 Å². The summed E-state index contributed by atoms with van der Waals surface area (Å²) in [7, 11) is 0. The third-order valence-corrected chi connectivity index (χ3v) is 2.04. The van der Waals surface area contributed by atoms with Crippen LogP contribution in [-0.4, -0.2) is 39.5 Å². The molecule has 1 aromatic rings. The molecule has 0 aliphatic carbocycles. The van der Waals surface area contributed by atoms with Crippen molar-refractivity contribution in [3.63, 3.8) is 0 Å². The van der Waals surface area contributed by atoms with Crippen LogP contribution in [0.4, 0.5) is 0 Å². The number of nitrogens with zero attached hydrogens (tertiary/aromatic N) is 4. The highest BCUT2D eigenvalue weighted by molar-refractivity contribution is 5.33. The van der Waals surface area contributed by atoms with Gasteiger partial charge in [-0.3, -0.25) is 9.13 Å². The number of aromatic hydroxyl groups is 1. The third kappa shape index (κ3) is 3.27. The van der Waals surface area contributed by atoms with Crippen LogP contribution in [0.3, 0.4) is 0 Å². The monoisotopic (exact) mass is 238 g/mol. The maximum Gasteiger partial charge on any atom is 0.331 e. The average molecular weight is 238 g/mol.